The molecule has 2 aromatic heterocycles. The summed E-state index contributed by atoms with van der Waals surface area (Å²) in [5, 5.41) is 0. The number of aromatic nitrogens is 1. The number of amides is 1. The minimum atomic E-state index is -0.135. The first-order valence-corrected chi connectivity index (χ1v) is 8.71. The second-order valence-electron chi connectivity index (χ2n) is 6.65. The van der Waals surface area contributed by atoms with Gasteiger partial charge in [0.1, 0.15) is 12.2 Å². The Labute approximate surface area is 146 Å². The lowest BCUT2D eigenvalue weighted by Crippen LogP contribution is -2.43. The van der Waals surface area contributed by atoms with Gasteiger partial charge in [-0.1, -0.05) is 6.07 Å². The number of likely N-dealkylation sites (tertiary alicyclic amines) is 1. The van der Waals surface area contributed by atoms with Crippen molar-refractivity contribution in [1.29, 1.82) is 0 Å². The summed E-state index contributed by atoms with van der Waals surface area (Å²) in [6.45, 7) is 3.59. The maximum Gasteiger partial charge on any atom is 0.290 e. The maximum atomic E-state index is 12.9. The van der Waals surface area contributed by atoms with Crippen LogP contribution in [-0.2, 0) is 16.1 Å². The van der Waals surface area contributed by atoms with E-state index in [-0.39, 0.29) is 24.2 Å². The van der Waals surface area contributed by atoms with Crippen LogP contribution in [0.3, 0.4) is 0 Å². The van der Waals surface area contributed by atoms with Crippen LogP contribution in [0.4, 0.5) is 0 Å². The zero-order valence-electron chi connectivity index (χ0n) is 14.3. The molecule has 0 radical (unpaired) electrons. The van der Waals surface area contributed by atoms with Gasteiger partial charge in [-0.15, -0.1) is 0 Å². The SMILES string of the molecule is Cc1ccoc1C(=O)N1C[C@@H](OCc2cccnc2)[C@H]2OCCC[C@H]21. The number of nitrogens with zero attached hydrogens (tertiary/aromatic N) is 2. The molecule has 2 saturated heterocycles. The average molecular weight is 342 g/mol. The number of aryl methyl sites for hydroxylation is 1. The van der Waals surface area contributed by atoms with E-state index >= 15 is 0 Å². The average Bonchev–Trinajstić information content (AvgIpc) is 3.24. The minimum Gasteiger partial charge on any atom is -0.459 e. The molecule has 132 valence electrons. The van der Waals surface area contributed by atoms with E-state index < -0.39 is 0 Å². The Bertz CT molecular complexity index is 730. The first kappa shape index (κ1) is 16.3. The predicted octanol–water partition coefficient (Wildman–Crippen LogP) is 2.57. The molecule has 25 heavy (non-hydrogen) atoms. The van der Waals surface area contributed by atoms with Gasteiger partial charge in [0.2, 0.25) is 0 Å². The van der Waals surface area contributed by atoms with Gasteiger partial charge in [0.05, 0.1) is 25.5 Å². The second-order valence-corrected chi connectivity index (χ2v) is 6.65. The fourth-order valence-electron chi connectivity index (χ4n) is 3.70. The van der Waals surface area contributed by atoms with Crippen LogP contribution in [-0.4, -0.2) is 47.2 Å². The van der Waals surface area contributed by atoms with Crippen LogP contribution in [0.25, 0.3) is 0 Å². The van der Waals surface area contributed by atoms with E-state index in [1.54, 1.807) is 18.7 Å². The molecule has 2 aliphatic rings. The normalized spacial score (nSPS) is 25.8. The number of carbonyl (C=O) groups excluding carboxylic acids is 1. The highest BCUT2D eigenvalue weighted by atomic mass is 16.5. The highest BCUT2D eigenvalue weighted by Crippen LogP contribution is 2.32. The first-order chi connectivity index (χ1) is 12.2. The van der Waals surface area contributed by atoms with Crippen LogP contribution in [0.15, 0.2) is 41.3 Å². The fourth-order valence-corrected chi connectivity index (χ4v) is 3.70. The molecule has 4 heterocycles. The summed E-state index contributed by atoms with van der Waals surface area (Å²) in [4.78, 5) is 18.9. The Morgan fingerprint density at radius 3 is 3.12 bits per heavy atom. The lowest BCUT2D eigenvalue weighted by molar-refractivity contribution is -0.0810. The number of pyridine rings is 1. The van der Waals surface area contributed by atoms with E-state index in [2.05, 4.69) is 4.98 Å². The van der Waals surface area contributed by atoms with Crippen LogP contribution < -0.4 is 0 Å². The third-order valence-corrected chi connectivity index (χ3v) is 4.98. The second kappa shape index (κ2) is 6.98. The van der Waals surface area contributed by atoms with Crippen molar-refractivity contribution in [2.24, 2.45) is 0 Å². The summed E-state index contributed by atoms with van der Waals surface area (Å²) in [5.41, 5.74) is 1.87. The van der Waals surface area contributed by atoms with E-state index in [4.69, 9.17) is 13.9 Å². The molecule has 2 aromatic rings. The zero-order chi connectivity index (χ0) is 17.2. The van der Waals surface area contributed by atoms with Crippen LogP contribution in [0.2, 0.25) is 0 Å². The van der Waals surface area contributed by atoms with Crippen LogP contribution in [0, 0.1) is 6.92 Å². The van der Waals surface area contributed by atoms with Gasteiger partial charge in [-0.3, -0.25) is 9.78 Å². The molecular formula is C19H22N2O4. The molecule has 0 aliphatic carbocycles. The third kappa shape index (κ3) is 3.19. The van der Waals surface area contributed by atoms with Gasteiger partial charge in [0.25, 0.3) is 5.91 Å². The number of fused-ring (bicyclic) bond motifs is 1. The molecule has 1 amide bonds. The molecule has 0 N–H and O–H groups in total. The fraction of sp³-hybridized carbons (Fsp3) is 0.474. The van der Waals surface area contributed by atoms with E-state index in [1.807, 2.05) is 30.0 Å². The van der Waals surface area contributed by atoms with E-state index in [9.17, 15) is 4.79 Å². The van der Waals surface area contributed by atoms with Gasteiger partial charge in [-0.2, -0.15) is 0 Å². The third-order valence-electron chi connectivity index (χ3n) is 4.98. The number of hydrogen-bond acceptors (Lipinski definition) is 5. The number of rotatable bonds is 4. The monoisotopic (exact) mass is 342 g/mol. The number of hydrogen-bond donors (Lipinski definition) is 0. The van der Waals surface area contributed by atoms with E-state index in [0.717, 1.165) is 30.6 Å². The Morgan fingerprint density at radius 1 is 1.44 bits per heavy atom. The van der Waals surface area contributed by atoms with Crippen molar-refractivity contribution in [2.45, 2.75) is 44.6 Å². The summed E-state index contributed by atoms with van der Waals surface area (Å²) < 4.78 is 17.5. The highest BCUT2D eigenvalue weighted by molar-refractivity contribution is 5.93. The van der Waals surface area contributed by atoms with Crippen molar-refractivity contribution < 1.29 is 18.7 Å². The Kier molecular flexibility index (Phi) is 4.55. The van der Waals surface area contributed by atoms with Gasteiger partial charge in [-0.25, -0.2) is 0 Å². The summed E-state index contributed by atoms with van der Waals surface area (Å²) >= 11 is 0. The van der Waals surface area contributed by atoms with Crippen molar-refractivity contribution in [3.8, 4) is 0 Å². The molecule has 0 unspecified atom stereocenters. The van der Waals surface area contributed by atoms with Gasteiger partial charge in [0.15, 0.2) is 5.76 Å². The standard InChI is InChI=1S/C19H22N2O4/c1-13-6-9-24-17(13)19(22)21-11-16(18-15(21)5-3-8-23-18)25-12-14-4-2-7-20-10-14/h2,4,6-7,9-10,15-16,18H,3,5,8,11-12H2,1H3/t15-,16-,18+/m1/s1. The lowest BCUT2D eigenvalue weighted by atomic mass is 10.0. The van der Waals surface area contributed by atoms with Crippen molar-refractivity contribution in [2.75, 3.05) is 13.2 Å². The quantitative estimate of drug-likeness (QED) is 0.854. The summed E-state index contributed by atoms with van der Waals surface area (Å²) in [6, 6.07) is 5.73. The first-order valence-electron chi connectivity index (χ1n) is 8.71. The van der Waals surface area contributed by atoms with Crippen LogP contribution >= 0.6 is 0 Å². The zero-order valence-corrected chi connectivity index (χ0v) is 14.3. The molecular weight excluding hydrogens is 320 g/mol. The van der Waals surface area contributed by atoms with Gasteiger partial charge in [0, 0.05) is 24.6 Å². The molecule has 0 spiro atoms. The molecule has 0 bridgehead atoms. The molecule has 2 fully saturated rings. The maximum absolute atomic E-state index is 12.9. The Hall–Kier alpha value is -2.18. The molecule has 6 nitrogen and oxygen atoms in total. The Morgan fingerprint density at radius 2 is 2.36 bits per heavy atom. The number of carbonyl (C=O) groups is 1. The van der Waals surface area contributed by atoms with E-state index in [1.165, 1.54) is 0 Å². The minimum absolute atomic E-state index is 0.0460. The van der Waals surface area contributed by atoms with Crippen molar-refractivity contribution in [3.05, 3.63) is 53.7 Å². The van der Waals surface area contributed by atoms with Crippen molar-refractivity contribution in [1.82, 2.24) is 9.88 Å². The lowest BCUT2D eigenvalue weighted by Gasteiger charge is -2.31. The van der Waals surface area contributed by atoms with E-state index in [0.29, 0.717) is 18.9 Å². The molecule has 3 atom stereocenters. The molecule has 2 aliphatic heterocycles. The smallest absolute Gasteiger partial charge is 0.290 e. The summed E-state index contributed by atoms with van der Waals surface area (Å²) in [7, 11) is 0. The number of ether oxygens (including phenoxy) is 2. The van der Waals surface area contributed by atoms with Crippen LogP contribution in [0.5, 0.6) is 0 Å². The Balaban J connectivity index is 1.49. The highest BCUT2D eigenvalue weighted by Gasteiger charge is 2.47. The summed E-state index contributed by atoms with van der Waals surface area (Å²) in [6.07, 6.45) is 6.77. The molecule has 0 saturated carbocycles. The summed E-state index contributed by atoms with van der Waals surface area (Å²) in [5.74, 6) is 0.340. The molecule has 0 aromatic carbocycles. The topological polar surface area (TPSA) is 64.8 Å². The largest absolute Gasteiger partial charge is 0.459 e. The number of furan rings is 1. The van der Waals surface area contributed by atoms with Crippen molar-refractivity contribution in [3.63, 3.8) is 0 Å². The molecule has 6 heteroatoms. The van der Waals surface area contributed by atoms with Gasteiger partial charge >= 0.3 is 0 Å². The van der Waals surface area contributed by atoms with Crippen LogP contribution in [0.1, 0.15) is 34.5 Å². The van der Waals surface area contributed by atoms with Gasteiger partial charge < -0.3 is 18.8 Å². The van der Waals surface area contributed by atoms with Gasteiger partial charge in [-0.05, 0) is 37.5 Å². The van der Waals surface area contributed by atoms with Crippen molar-refractivity contribution >= 4 is 5.91 Å². The predicted molar refractivity (Wildman–Crippen MR) is 90.1 cm³/mol. The molecule has 4 rings (SSSR count).